The summed E-state index contributed by atoms with van der Waals surface area (Å²) >= 11 is 0. The van der Waals surface area contributed by atoms with Crippen LogP contribution in [-0.2, 0) is 19.4 Å². The molecule has 1 atom stereocenters. The highest BCUT2D eigenvalue weighted by atomic mass is 16.3. The second kappa shape index (κ2) is 7.33. The van der Waals surface area contributed by atoms with Gasteiger partial charge in [-0.15, -0.1) is 0 Å². The number of amides is 2. The predicted octanol–water partition coefficient (Wildman–Crippen LogP) is 2.20. The Morgan fingerprint density at radius 1 is 1.26 bits per heavy atom. The van der Waals surface area contributed by atoms with Crippen LogP contribution in [0.5, 0.6) is 0 Å². The van der Waals surface area contributed by atoms with Crippen molar-refractivity contribution in [1.29, 1.82) is 0 Å². The molecular formula is C18H22N2O3. The van der Waals surface area contributed by atoms with Gasteiger partial charge in [0.1, 0.15) is 5.76 Å². The maximum absolute atomic E-state index is 12.3. The van der Waals surface area contributed by atoms with Gasteiger partial charge in [0.2, 0.25) is 0 Å². The van der Waals surface area contributed by atoms with Crippen molar-refractivity contribution in [1.82, 2.24) is 10.2 Å². The molecule has 23 heavy (non-hydrogen) atoms. The molecule has 5 nitrogen and oxygen atoms in total. The topological polar surface area (TPSA) is 65.7 Å². The van der Waals surface area contributed by atoms with Crippen molar-refractivity contribution in [2.24, 2.45) is 5.92 Å². The van der Waals surface area contributed by atoms with Gasteiger partial charge in [0, 0.05) is 38.6 Å². The minimum absolute atomic E-state index is 0.0177. The van der Waals surface area contributed by atoms with E-state index in [9.17, 15) is 9.90 Å². The molecular weight excluding hydrogens is 292 g/mol. The first-order valence-corrected chi connectivity index (χ1v) is 7.99. The summed E-state index contributed by atoms with van der Waals surface area (Å²) in [6.45, 7) is 1.83. The van der Waals surface area contributed by atoms with Crippen LogP contribution in [0.2, 0.25) is 0 Å². The first-order valence-electron chi connectivity index (χ1n) is 7.99. The van der Waals surface area contributed by atoms with Crippen molar-refractivity contribution in [2.45, 2.75) is 19.4 Å². The summed E-state index contributed by atoms with van der Waals surface area (Å²) in [5.41, 5.74) is 2.53. The largest absolute Gasteiger partial charge is 0.469 e. The molecule has 0 saturated carbocycles. The van der Waals surface area contributed by atoms with E-state index < -0.39 is 0 Å². The van der Waals surface area contributed by atoms with E-state index in [0.717, 1.165) is 18.7 Å². The Bertz CT molecular complexity index is 639. The van der Waals surface area contributed by atoms with Gasteiger partial charge in [0.15, 0.2) is 0 Å². The first kappa shape index (κ1) is 15.6. The fourth-order valence-electron chi connectivity index (χ4n) is 2.93. The summed E-state index contributed by atoms with van der Waals surface area (Å²) in [5.74, 6) is 0.785. The van der Waals surface area contributed by atoms with Gasteiger partial charge in [-0.2, -0.15) is 0 Å². The molecule has 5 heteroatoms. The Morgan fingerprint density at radius 2 is 2.09 bits per heavy atom. The number of furan rings is 1. The van der Waals surface area contributed by atoms with Crippen molar-refractivity contribution in [2.75, 3.05) is 19.7 Å². The Kier molecular flexibility index (Phi) is 4.98. The molecule has 1 aliphatic heterocycles. The lowest BCUT2D eigenvalue weighted by molar-refractivity contribution is 0.181. The molecule has 2 N–H and O–H groups in total. The Hall–Kier alpha value is -2.27. The number of nitrogens with one attached hydrogen (secondary N) is 1. The van der Waals surface area contributed by atoms with E-state index >= 15 is 0 Å². The van der Waals surface area contributed by atoms with Gasteiger partial charge in [0.25, 0.3) is 0 Å². The smallest absolute Gasteiger partial charge is 0.317 e. The molecule has 0 radical (unpaired) electrons. The minimum Gasteiger partial charge on any atom is -0.469 e. The van der Waals surface area contributed by atoms with Crippen LogP contribution in [0.3, 0.4) is 0 Å². The van der Waals surface area contributed by atoms with Crippen molar-refractivity contribution < 1.29 is 14.3 Å². The van der Waals surface area contributed by atoms with Gasteiger partial charge in [-0.05, 0) is 29.7 Å². The molecule has 1 aromatic heterocycles. The number of urea groups is 1. The van der Waals surface area contributed by atoms with E-state index in [-0.39, 0.29) is 18.6 Å². The number of carbonyl (C=O) groups is 1. The summed E-state index contributed by atoms with van der Waals surface area (Å²) in [4.78, 5) is 14.2. The first-order chi connectivity index (χ1) is 11.3. The number of hydrogen-bond acceptors (Lipinski definition) is 3. The van der Waals surface area contributed by atoms with Gasteiger partial charge in [-0.25, -0.2) is 4.79 Å². The van der Waals surface area contributed by atoms with Crippen LogP contribution in [0.4, 0.5) is 4.79 Å². The fraction of sp³-hybridized carbons (Fsp3) is 0.389. The lowest BCUT2D eigenvalue weighted by atomic mass is 10.0. The molecule has 2 aromatic rings. The fourth-order valence-corrected chi connectivity index (χ4v) is 2.93. The third-order valence-electron chi connectivity index (χ3n) is 4.29. The van der Waals surface area contributed by atoms with E-state index in [1.54, 1.807) is 6.26 Å². The predicted molar refractivity (Wildman–Crippen MR) is 86.9 cm³/mol. The lowest BCUT2D eigenvalue weighted by Gasteiger charge is -2.29. The Morgan fingerprint density at radius 3 is 2.83 bits per heavy atom. The third kappa shape index (κ3) is 3.93. The molecule has 1 unspecified atom stereocenters. The average molecular weight is 314 g/mol. The highest BCUT2D eigenvalue weighted by molar-refractivity contribution is 5.74. The quantitative estimate of drug-likeness (QED) is 0.889. The van der Waals surface area contributed by atoms with Crippen molar-refractivity contribution >= 4 is 6.03 Å². The standard InChI is InChI=1S/C18H22N2O3/c21-13-14(10-17-6-3-9-23-17)11-19-18(22)20-8-7-15-4-1-2-5-16(15)12-20/h1-6,9,14,21H,7-8,10-13H2,(H,19,22). The molecule has 2 amide bonds. The highest BCUT2D eigenvalue weighted by Crippen LogP contribution is 2.18. The second-order valence-corrected chi connectivity index (χ2v) is 5.96. The van der Waals surface area contributed by atoms with Gasteiger partial charge in [-0.3, -0.25) is 0 Å². The Labute approximate surface area is 135 Å². The van der Waals surface area contributed by atoms with Crippen LogP contribution >= 0.6 is 0 Å². The molecule has 0 bridgehead atoms. The Balaban J connectivity index is 1.51. The summed E-state index contributed by atoms with van der Waals surface area (Å²) in [5, 5.41) is 12.4. The molecule has 2 heterocycles. The SMILES string of the molecule is O=C(NCC(CO)Cc1ccco1)N1CCc2ccccc2C1. The molecule has 0 fully saturated rings. The lowest BCUT2D eigenvalue weighted by Crippen LogP contribution is -2.44. The third-order valence-corrected chi connectivity index (χ3v) is 4.29. The average Bonchev–Trinajstić information content (AvgIpc) is 3.11. The summed E-state index contributed by atoms with van der Waals surface area (Å²) in [7, 11) is 0. The number of aliphatic hydroxyl groups excluding tert-OH is 1. The number of rotatable bonds is 5. The zero-order valence-corrected chi connectivity index (χ0v) is 13.1. The number of fused-ring (bicyclic) bond motifs is 1. The maximum atomic E-state index is 12.3. The van der Waals surface area contributed by atoms with E-state index in [0.29, 0.717) is 19.5 Å². The number of carbonyl (C=O) groups excluding carboxylic acids is 1. The number of hydrogen-bond donors (Lipinski definition) is 2. The highest BCUT2D eigenvalue weighted by Gasteiger charge is 2.21. The summed E-state index contributed by atoms with van der Waals surface area (Å²) < 4.78 is 5.29. The van der Waals surface area contributed by atoms with Crippen molar-refractivity contribution in [3.05, 3.63) is 59.5 Å². The van der Waals surface area contributed by atoms with Crippen LogP contribution in [0, 0.1) is 5.92 Å². The van der Waals surface area contributed by atoms with Crippen LogP contribution in [0.25, 0.3) is 0 Å². The minimum atomic E-state index is -0.0719. The normalized spacial score (nSPS) is 15.1. The van der Waals surface area contributed by atoms with Crippen LogP contribution in [0.15, 0.2) is 47.1 Å². The van der Waals surface area contributed by atoms with Gasteiger partial charge in [0.05, 0.1) is 6.26 Å². The monoisotopic (exact) mass is 314 g/mol. The zero-order valence-electron chi connectivity index (χ0n) is 13.1. The number of nitrogens with zero attached hydrogens (tertiary/aromatic N) is 1. The van der Waals surface area contributed by atoms with E-state index in [1.165, 1.54) is 11.1 Å². The van der Waals surface area contributed by atoms with E-state index in [1.807, 2.05) is 29.2 Å². The molecule has 0 aliphatic carbocycles. The van der Waals surface area contributed by atoms with E-state index in [2.05, 4.69) is 17.4 Å². The second-order valence-electron chi connectivity index (χ2n) is 5.96. The molecule has 1 aliphatic rings. The van der Waals surface area contributed by atoms with Crippen LogP contribution in [-0.4, -0.2) is 35.7 Å². The van der Waals surface area contributed by atoms with Crippen molar-refractivity contribution in [3.63, 3.8) is 0 Å². The van der Waals surface area contributed by atoms with Crippen molar-refractivity contribution in [3.8, 4) is 0 Å². The van der Waals surface area contributed by atoms with E-state index in [4.69, 9.17) is 4.42 Å². The molecule has 0 spiro atoms. The number of benzene rings is 1. The van der Waals surface area contributed by atoms with Gasteiger partial charge in [-0.1, -0.05) is 24.3 Å². The molecule has 0 saturated heterocycles. The molecule has 122 valence electrons. The zero-order chi connectivity index (χ0) is 16.1. The molecule has 1 aromatic carbocycles. The maximum Gasteiger partial charge on any atom is 0.317 e. The van der Waals surface area contributed by atoms with Gasteiger partial charge >= 0.3 is 6.03 Å². The summed E-state index contributed by atoms with van der Waals surface area (Å²) in [6.07, 6.45) is 3.12. The van der Waals surface area contributed by atoms with Crippen LogP contribution < -0.4 is 5.32 Å². The van der Waals surface area contributed by atoms with Gasteiger partial charge < -0.3 is 19.7 Å². The number of aliphatic hydroxyl groups is 1. The summed E-state index contributed by atoms with van der Waals surface area (Å²) in [6, 6.07) is 11.9. The molecule has 3 rings (SSSR count). The van der Waals surface area contributed by atoms with Crippen LogP contribution in [0.1, 0.15) is 16.9 Å².